The van der Waals surface area contributed by atoms with Crippen molar-refractivity contribution in [1.29, 1.82) is 0 Å². The maximum Gasteiger partial charge on any atom is 0.573 e. The number of rotatable bonds is 12. The normalized spacial score (nSPS) is 14.7. The van der Waals surface area contributed by atoms with Gasteiger partial charge in [-0.1, -0.05) is 34.6 Å². The van der Waals surface area contributed by atoms with Gasteiger partial charge in [0.1, 0.15) is 11.5 Å². The number of ether oxygens (including phenoxy) is 2. The number of likely N-dealkylation sites (N-methyl/N-ethyl adjacent to an activating group) is 2. The van der Waals surface area contributed by atoms with Crippen LogP contribution in [0.4, 0.5) is 37.7 Å². The van der Waals surface area contributed by atoms with Crippen LogP contribution in [0.25, 0.3) is 22.3 Å². The number of carboxylic acid groups (broad SMARTS) is 1. The minimum Gasteiger partial charge on any atom is -0.476 e. The predicted molar refractivity (Wildman–Crippen MR) is 270 cm³/mol. The fourth-order valence-corrected chi connectivity index (χ4v) is 9.67. The van der Waals surface area contributed by atoms with E-state index in [1.165, 1.54) is 81.6 Å². The first-order valence-electron chi connectivity index (χ1n) is 22.9. The average molecular weight is 1070 g/mol. The molecule has 0 saturated carbocycles. The molecule has 24 heteroatoms. The molecular weight excluding hydrogens is 1010 g/mol. The Bertz CT molecular complexity index is 2990. The zero-order valence-electron chi connectivity index (χ0n) is 40.5. The Hall–Kier alpha value is -7.28. The Morgan fingerprint density at radius 2 is 1.16 bits per heavy atom. The number of carbonyl (C=O) groups is 1. The summed E-state index contributed by atoms with van der Waals surface area (Å²) in [4.78, 5) is 35.8. The summed E-state index contributed by atoms with van der Waals surface area (Å²) in [5, 5.41) is 24.8. The largest absolute Gasteiger partial charge is 0.573 e. The number of aryl methyl sites for hydroxylation is 2. The number of amidine groups is 1. The van der Waals surface area contributed by atoms with Crippen molar-refractivity contribution < 1.29 is 55.4 Å². The van der Waals surface area contributed by atoms with Crippen molar-refractivity contribution in [2.75, 3.05) is 76.3 Å². The van der Waals surface area contributed by atoms with E-state index in [-0.39, 0.29) is 34.1 Å². The van der Waals surface area contributed by atoms with Gasteiger partial charge in [0.05, 0.1) is 11.4 Å². The lowest BCUT2D eigenvalue weighted by Crippen LogP contribution is -2.44. The van der Waals surface area contributed by atoms with Crippen LogP contribution in [-0.4, -0.2) is 131 Å². The van der Waals surface area contributed by atoms with Gasteiger partial charge in [-0.3, -0.25) is 0 Å². The third kappa shape index (κ3) is 15.6. The molecule has 9 rings (SSSR count). The number of hydrogen-bond donors (Lipinski definition) is 3. The van der Waals surface area contributed by atoms with Crippen molar-refractivity contribution in [1.82, 2.24) is 29.9 Å². The van der Waals surface area contributed by atoms with Crippen LogP contribution in [0.1, 0.15) is 47.6 Å². The lowest BCUT2D eigenvalue weighted by molar-refractivity contribution is -0.275. The highest BCUT2D eigenvalue weighted by Crippen LogP contribution is 2.32. The van der Waals surface area contributed by atoms with Gasteiger partial charge in [0.25, 0.3) is 5.89 Å². The van der Waals surface area contributed by atoms with Gasteiger partial charge in [-0.15, -0.1) is 49.0 Å². The second-order valence-corrected chi connectivity index (χ2v) is 19.4. The molecule has 0 atom stereocenters. The van der Waals surface area contributed by atoms with Gasteiger partial charge in [0, 0.05) is 97.5 Å². The Kier molecular flexibility index (Phi) is 17.8. The molecule has 7 aromatic rings. The van der Waals surface area contributed by atoms with E-state index in [9.17, 15) is 31.1 Å². The molecule has 0 radical (unpaired) electrons. The highest BCUT2D eigenvalue weighted by atomic mass is 32.1. The standard InChI is InChI=1S/C25H24F3N5O2S.C17H21N3O2S.C8H7F3N2O2/c1-16-21(15-17-4-3-5-19(14-17)33-12-10-32(2)11-13-33)36-24(29-16)23-30-22(31-35-23)18-6-8-20(9-7-18)34-25(26,27)28;1-12-15(23-16(18-12)17(21)22)11-13-4-3-5-14(10-13)20-8-6-19(2)7-9-20;9-8(10,11)15-6-3-1-5(2-4-6)7(12)13-14/h3-9,14H,10-13,15H2,1-2H3;3-5,10H,6-9,11H2,1-2H3,(H,21,22);1-4,14H,(H2,12,13). The highest BCUT2D eigenvalue weighted by Gasteiger charge is 2.32. The molecule has 0 unspecified atom stereocenters. The fourth-order valence-electron chi connectivity index (χ4n) is 7.71. The van der Waals surface area contributed by atoms with Gasteiger partial charge >= 0.3 is 18.7 Å². The molecule has 2 aliphatic heterocycles. The van der Waals surface area contributed by atoms with Crippen LogP contribution in [0, 0.1) is 13.8 Å². The molecule has 4 N–H and O–H groups in total. The molecule has 3 aromatic heterocycles. The molecule has 0 spiro atoms. The van der Waals surface area contributed by atoms with Gasteiger partial charge in [0.2, 0.25) is 10.8 Å². The van der Waals surface area contributed by atoms with Gasteiger partial charge < -0.3 is 49.6 Å². The maximum absolute atomic E-state index is 12.4. The van der Waals surface area contributed by atoms with E-state index in [0.29, 0.717) is 16.1 Å². The van der Waals surface area contributed by atoms with Crippen molar-refractivity contribution in [3.05, 3.63) is 140 Å². The first-order chi connectivity index (χ1) is 35.2. The van der Waals surface area contributed by atoms with Gasteiger partial charge in [-0.05, 0) is 112 Å². The number of halogens is 6. The molecule has 0 aliphatic carbocycles. The molecule has 2 fully saturated rings. The summed E-state index contributed by atoms with van der Waals surface area (Å²) in [6.45, 7) is 12.2. The lowest BCUT2D eigenvalue weighted by atomic mass is 10.1. The van der Waals surface area contributed by atoms with Crippen molar-refractivity contribution in [2.24, 2.45) is 10.9 Å². The SMILES string of the molecule is Cc1nc(-c2nc(-c3ccc(OC(F)(F)F)cc3)no2)sc1Cc1cccc(N2CCN(C)CC2)c1.Cc1nc(C(=O)O)sc1Cc1cccc(N2CCN(C)CC2)c1.NC(=NO)c1ccc(OC(F)(F)F)cc1. The van der Waals surface area contributed by atoms with Crippen LogP contribution in [-0.2, 0) is 12.8 Å². The third-order valence-electron chi connectivity index (χ3n) is 11.7. The van der Waals surface area contributed by atoms with Crippen LogP contribution in [0.2, 0.25) is 0 Å². The van der Waals surface area contributed by atoms with Crippen molar-refractivity contribution in [3.8, 4) is 33.8 Å². The summed E-state index contributed by atoms with van der Waals surface area (Å²) in [7, 11) is 4.30. The molecule has 16 nitrogen and oxygen atoms in total. The summed E-state index contributed by atoms with van der Waals surface area (Å²) in [5.74, 6) is -1.28. The molecule has 2 saturated heterocycles. The smallest absolute Gasteiger partial charge is 0.476 e. The lowest BCUT2D eigenvalue weighted by Gasteiger charge is -2.34. The number of piperazine rings is 2. The van der Waals surface area contributed by atoms with E-state index >= 15 is 0 Å². The summed E-state index contributed by atoms with van der Waals surface area (Å²) in [5.41, 5.74) is 12.6. The number of alkyl halides is 6. The van der Waals surface area contributed by atoms with Crippen molar-refractivity contribution in [2.45, 2.75) is 39.4 Å². The summed E-state index contributed by atoms with van der Waals surface area (Å²) in [6.07, 6.45) is -7.99. The zero-order valence-corrected chi connectivity index (χ0v) is 42.2. The number of aromatic carboxylic acids is 1. The van der Waals surface area contributed by atoms with Crippen LogP contribution in [0.15, 0.2) is 107 Å². The topological polar surface area (TPSA) is 192 Å². The van der Waals surface area contributed by atoms with E-state index in [1.807, 2.05) is 13.8 Å². The number of hydrogen-bond acceptors (Lipinski definition) is 16. The minimum absolute atomic E-state index is 0.174. The number of nitrogens with two attached hydrogens (primary N) is 1. The Labute approximate surface area is 429 Å². The van der Waals surface area contributed by atoms with E-state index in [4.69, 9.17) is 20.6 Å². The monoisotopic (exact) mass is 1070 g/mol. The number of oxime groups is 1. The van der Waals surface area contributed by atoms with Gasteiger partial charge in [-0.2, -0.15) is 4.98 Å². The van der Waals surface area contributed by atoms with Gasteiger partial charge in [-0.25, -0.2) is 14.8 Å². The van der Waals surface area contributed by atoms with E-state index in [2.05, 4.69) is 117 Å². The van der Waals surface area contributed by atoms with Crippen molar-refractivity contribution >= 4 is 45.9 Å². The maximum atomic E-state index is 12.4. The third-order valence-corrected chi connectivity index (χ3v) is 14.0. The van der Waals surface area contributed by atoms with Crippen molar-refractivity contribution in [3.63, 3.8) is 0 Å². The highest BCUT2D eigenvalue weighted by molar-refractivity contribution is 7.15. The number of carboxylic acids is 1. The van der Waals surface area contributed by atoms with Crippen LogP contribution in [0.3, 0.4) is 0 Å². The molecule has 392 valence electrons. The molecular formula is C50H52F6N10O6S2. The van der Waals surface area contributed by atoms with Crippen LogP contribution in [0.5, 0.6) is 11.5 Å². The molecule has 5 heterocycles. The van der Waals surface area contributed by atoms with Crippen LogP contribution < -0.4 is 25.0 Å². The zero-order chi connectivity index (χ0) is 53.2. The number of benzene rings is 4. The minimum atomic E-state index is -4.74. The molecule has 2 aliphatic rings. The fraction of sp³-hybridized carbons (Fsp3) is 0.320. The first-order valence-corrected chi connectivity index (χ1v) is 24.6. The van der Waals surface area contributed by atoms with Crippen LogP contribution >= 0.6 is 22.7 Å². The van der Waals surface area contributed by atoms with E-state index in [1.54, 1.807) is 0 Å². The number of thiazole rings is 2. The summed E-state index contributed by atoms with van der Waals surface area (Å²) >= 11 is 2.77. The quantitative estimate of drug-likeness (QED) is 0.0344. The molecule has 0 bridgehead atoms. The first kappa shape index (κ1) is 54.5. The number of anilines is 2. The second kappa shape index (κ2) is 24.2. The predicted octanol–water partition coefficient (Wildman–Crippen LogP) is 9.58. The molecule has 4 aromatic carbocycles. The van der Waals surface area contributed by atoms with Gasteiger partial charge in [0.15, 0.2) is 10.8 Å². The molecule has 0 amide bonds. The Balaban J connectivity index is 0.000000180. The summed E-state index contributed by atoms with van der Waals surface area (Å²) < 4.78 is 85.3. The number of nitrogens with zero attached hydrogens (tertiary/aromatic N) is 9. The summed E-state index contributed by atoms with van der Waals surface area (Å²) in [6, 6.07) is 27.1. The van der Waals surface area contributed by atoms with E-state index < -0.39 is 18.7 Å². The van der Waals surface area contributed by atoms with E-state index in [0.717, 1.165) is 98.5 Å². The second-order valence-electron chi connectivity index (χ2n) is 17.2. The average Bonchev–Trinajstić information content (AvgIpc) is 4.10. The molecule has 74 heavy (non-hydrogen) atoms. The number of aromatic nitrogens is 4. The Morgan fingerprint density at radius 1 is 0.689 bits per heavy atom. The Morgan fingerprint density at radius 3 is 1.62 bits per heavy atom.